The molecule has 88 valence electrons. The van der Waals surface area contributed by atoms with Crippen molar-refractivity contribution in [3.63, 3.8) is 0 Å². The minimum atomic E-state index is 0.721. The van der Waals surface area contributed by atoms with Gasteiger partial charge in [-0.2, -0.15) is 0 Å². The molecule has 16 heavy (non-hydrogen) atoms. The van der Waals surface area contributed by atoms with Gasteiger partial charge in [-0.3, -0.25) is 0 Å². The molecule has 0 aromatic heterocycles. The van der Waals surface area contributed by atoms with Crippen molar-refractivity contribution in [2.24, 2.45) is 11.8 Å². The van der Waals surface area contributed by atoms with Gasteiger partial charge in [-0.05, 0) is 48.3 Å². The number of benzene rings is 1. The topological polar surface area (TPSA) is 9.23 Å². The predicted molar refractivity (Wildman–Crippen MR) is 67.9 cm³/mol. The van der Waals surface area contributed by atoms with Crippen LogP contribution < -0.4 is 4.74 Å². The van der Waals surface area contributed by atoms with Gasteiger partial charge in [0.25, 0.3) is 0 Å². The van der Waals surface area contributed by atoms with Crippen molar-refractivity contribution in [2.75, 3.05) is 7.11 Å². The van der Waals surface area contributed by atoms with E-state index in [4.69, 9.17) is 4.74 Å². The summed E-state index contributed by atoms with van der Waals surface area (Å²) in [4.78, 5) is 0. The molecule has 0 aliphatic heterocycles. The highest BCUT2D eigenvalue weighted by Crippen LogP contribution is 2.40. The number of hydrogen-bond acceptors (Lipinski definition) is 1. The van der Waals surface area contributed by atoms with Crippen molar-refractivity contribution in [1.29, 1.82) is 0 Å². The molecule has 1 aromatic rings. The summed E-state index contributed by atoms with van der Waals surface area (Å²) in [5.41, 5.74) is 1.46. The SMILES string of the molecule is COc1cccc([C@H]2CC(C)CC[C@@H]2C)c1. The second-order valence-electron chi connectivity index (χ2n) is 5.28. The number of methoxy groups -OCH3 is 1. The largest absolute Gasteiger partial charge is 0.497 e. The Bertz CT molecular complexity index is 345. The summed E-state index contributed by atoms with van der Waals surface area (Å²) in [5, 5.41) is 0. The third-order valence-electron chi connectivity index (χ3n) is 3.98. The molecule has 0 radical (unpaired) electrons. The fourth-order valence-electron chi connectivity index (χ4n) is 2.87. The van der Waals surface area contributed by atoms with E-state index in [1.54, 1.807) is 7.11 Å². The van der Waals surface area contributed by atoms with Gasteiger partial charge in [0, 0.05) is 0 Å². The summed E-state index contributed by atoms with van der Waals surface area (Å²) in [5.74, 6) is 3.39. The molecule has 0 heterocycles. The maximum Gasteiger partial charge on any atom is 0.119 e. The van der Waals surface area contributed by atoms with Gasteiger partial charge in [-0.15, -0.1) is 0 Å². The average Bonchev–Trinajstić information content (AvgIpc) is 2.32. The zero-order chi connectivity index (χ0) is 11.5. The van der Waals surface area contributed by atoms with Gasteiger partial charge >= 0.3 is 0 Å². The third-order valence-corrected chi connectivity index (χ3v) is 3.98. The van der Waals surface area contributed by atoms with Gasteiger partial charge in [0.1, 0.15) is 5.75 Å². The average molecular weight is 218 g/mol. The quantitative estimate of drug-likeness (QED) is 0.721. The van der Waals surface area contributed by atoms with E-state index in [1.807, 2.05) is 6.07 Å². The fraction of sp³-hybridized carbons (Fsp3) is 0.600. The molecule has 0 amide bonds. The molecule has 1 unspecified atom stereocenters. The lowest BCUT2D eigenvalue weighted by molar-refractivity contribution is 0.264. The first-order valence-corrected chi connectivity index (χ1v) is 6.34. The smallest absolute Gasteiger partial charge is 0.119 e. The lowest BCUT2D eigenvalue weighted by atomic mass is 9.72. The van der Waals surface area contributed by atoms with Crippen molar-refractivity contribution in [1.82, 2.24) is 0 Å². The zero-order valence-corrected chi connectivity index (χ0v) is 10.6. The zero-order valence-electron chi connectivity index (χ0n) is 10.6. The van der Waals surface area contributed by atoms with Gasteiger partial charge in [0.2, 0.25) is 0 Å². The summed E-state index contributed by atoms with van der Waals surface area (Å²) in [7, 11) is 1.74. The summed E-state index contributed by atoms with van der Waals surface area (Å²) >= 11 is 0. The van der Waals surface area contributed by atoms with Crippen molar-refractivity contribution in [3.05, 3.63) is 29.8 Å². The first-order valence-electron chi connectivity index (χ1n) is 6.34. The lowest BCUT2D eigenvalue weighted by Crippen LogP contribution is -2.19. The summed E-state index contributed by atoms with van der Waals surface area (Å²) in [6.45, 7) is 4.76. The lowest BCUT2D eigenvalue weighted by Gasteiger charge is -2.33. The Labute approximate surface area is 98.8 Å². The van der Waals surface area contributed by atoms with E-state index in [0.717, 1.165) is 23.5 Å². The standard InChI is InChI=1S/C15H22O/c1-11-7-8-12(2)15(9-11)13-5-4-6-14(10-13)16-3/h4-6,10-12,15H,7-9H2,1-3H3/t11?,12-,15-/m0/s1. The summed E-state index contributed by atoms with van der Waals surface area (Å²) < 4.78 is 5.31. The Balaban J connectivity index is 2.20. The molecule has 0 bridgehead atoms. The Kier molecular flexibility index (Phi) is 3.52. The van der Waals surface area contributed by atoms with E-state index in [2.05, 4.69) is 32.0 Å². The van der Waals surface area contributed by atoms with Crippen LogP contribution in [0.15, 0.2) is 24.3 Å². The highest BCUT2D eigenvalue weighted by molar-refractivity contribution is 5.31. The van der Waals surface area contributed by atoms with Crippen molar-refractivity contribution < 1.29 is 4.74 Å². The Hall–Kier alpha value is -0.980. The van der Waals surface area contributed by atoms with E-state index < -0.39 is 0 Å². The highest BCUT2D eigenvalue weighted by atomic mass is 16.5. The first kappa shape index (κ1) is 11.5. The van der Waals surface area contributed by atoms with Crippen LogP contribution in [0, 0.1) is 11.8 Å². The van der Waals surface area contributed by atoms with Crippen LogP contribution in [0.1, 0.15) is 44.6 Å². The molecule has 3 atom stereocenters. The Morgan fingerprint density at radius 3 is 2.75 bits per heavy atom. The van der Waals surface area contributed by atoms with Crippen LogP contribution in [-0.4, -0.2) is 7.11 Å². The molecule has 1 fully saturated rings. The van der Waals surface area contributed by atoms with Gasteiger partial charge in [0.15, 0.2) is 0 Å². The molecule has 0 spiro atoms. The van der Waals surface area contributed by atoms with Crippen LogP contribution in [0.5, 0.6) is 5.75 Å². The van der Waals surface area contributed by atoms with Gasteiger partial charge < -0.3 is 4.74 Å². The minimum absolute atomic E-state index is 0.721. The van der Waals surface area contributed by atoms with Crippen LogP contribution in [0.4, 0.5) is 0 Å². The van der Waals surface area contributed by atoms with Crippen LogP contribution >= 0.6 is 0 Å². The normalized spacial score (nSPS) is 30.1. The molecular weight excluding hydrogens is 196 g/mol. The molecule has 1 aliphatic rings. The van der Waals surface area contributed by atoms with Crippen molar-refractivity contribution >= 4 is 0 Å². The summed E-state index contributed by atoms with van der Waals surface area (Å²) in [6, 6.07) is 8.60. The molecule has 1 aliphatic carbocycles. The van der Waals surface area contributed by atoms with E-state index >= 15 is 0 Å². The third kappa shape index (κ3) is 2.40. The molecule has 1 saturated carbocycles. The van der Waals surface area contributed by atoms with E-state index in [-0.39, 0.29) is 0 Å². The minimum Gasteiger partial charge on any atom is -0.497 e. The Morgan fingerprint density at radius 1 is 1.19 bits per heavy atom. The summed E-state index contributed by atoms with van der Waals surface area (Å²) in [6.07, 6.45) is 4.08. The second-order valence-corrected chi connectivity index (χ2v) is 5.28. The molecule has 0 N–H and O–H groups in total. The van der Waals surface area contributed by atoms with E-state index in [1.165, 1.54) is 24.8 Å². The van der Waals surface area contributed by atoms with E-state index in [0.29, 0.717) is 0 Å². The van der Waals surface area contributed by atoms with Crippen LogP contribution in [0.2, 0.25) is 0 Å². The van der Waals surface area contributed by atoms with Crippen molar-refractivity contribution in [2.45, 2.75) is 39.0 Å². The molecule has 1 aromatic carbocycles. The van der Waals surface area contributed by atoms with Crippen LogP contribution in [0.25, 0.3) is 0 Å². The molecule has 0 saturated heterocycles. The molecule has 1 heteroatoms. The first-order chi connectivity index (χ1) is 7.70. The van der Waals surface area contributed by atoms with Crippen molar-refractivity contribution in [3.8, 4) is 5.75 Å². The van der Waals surface area contributed by atoms with Gasteiger partial charge in [0.05, 0.1) is 7.11 Å². The van der Waals surface area contributed by atoms with Gasteiger partial charge in [-0.25, -0.2) is 0 Å². The molecule has 1 nitrogen and oxygen atoms in total. The van der Waals surface area contributed by atoms with Gasteiger partial charge in [-0.1, -0.05) is 32.4 Å². The van der Waals surface area contributed by atoms with Crippen LogP contribution in [-0.2, 0) is 0 Å². The molecular formula is C15H22O. The molecule has 2 rings (SSSR count). The number of rotatable bonds is 2. The fourth-order valence-corrected chi connectivity index (χ4v) is 2.87. The number of hydrogen-bond donors (Lipinski definition) is 0. The number of ether oxygens (including phenoxy) is 1. The van der Waals surface area contributed by atoms with E-state index in [9.17, 15) is 0 Å². The highest BCUT2D eigenvalue weighted by Gasteiger charge is 2.26. The van der Waals surface area contributed by atoms with Crippen LogP contribution in [0.3, 0.4) is 0 Å². The Morgan fingerprint density at radius 2 is 2.00 bits per heavy atom. The maximum absolute atomic E-state index is 5.31. The predicted octanol–water partition coefficient (Wildman–Crippen LogP) is 4.23. The monoisotopic (exact) mass is 218 g/mol. The second kappa shape index (κ2) is 4.90. The maximum atomic E-state index is 5.31.